The second-order valence-electron chi connectivity index (χ2n) is 6.67. The van der Waals surface area contributed by atoms with E-state index < -0.39 is 17.6 Å². The van der Waals surface area contributed by atoms with E-state index in [-0.39, 0.29) is 23.5 Å². The molecule has 152 valence electrons. The number of ether oxygens (including phenoxy) is 1. The number of aliphatic imine (C=N–C) groups is 1. The maximum Gasteiger partial charge on any atom is 0.420 e. The van der Waals surface area contributed by atoms with Crippen LogP contribution in [0.25, 0.3) is 11.1 Å². The van der Waals surface area contributed by atoms with Crippen molar-refractivity contribution < 1.29 is 22.7 Å². The molecule has 1 aliphatic rings. The topological polar surface area (TPSA) is 63.6 Å². The zero-order chi connectivity index (χ0) is 21.3. The van der Waals surface area contributed by atoms with Gasteiger partial charge in [0.15, 0.2) is 0 Å². The van der Waals surface area contributed by atoms with Crippen molar-refractivity contribution in [2.45, 2.75) is 12.6 Å². The Labute approximate surface area is 170 Å². The van der Waals surface area contributed by atoms with Crippen molar-refractivity contribution in [2.75, 3.05) is 12.4 Å². The Morgan fingerprint density at radius 1 is 1.03 bits per heavy atom. The number of alkyl halides is 3. The summed E-state index contributed by atoms with van der Waals surface area (Å²) >= 11 is 0. The van der Waals surface area contributed by atoms with Gasteiger partial charge in [-0.15, -0.1) is 0 Å². The first-order valence-electron chi connectivity index (χ1n) is 9.02. The monoisotopic (exact) mass is 411 g/mol. The first-order valence-corrected chi connectivity index (χ1v) is 9.02. The van der Waals surface area contributed by atoms with Gasteiger partial charge in [-0.05, 0) is 29.3 Å². The molecule has 0 aliphatic carbocycles. The third-order valence-corrected chi connectivity index (χ3v) is 4.67. The van der Waals surface area contributed by atoms with Gasteiger partial charge in [0.1, 0.15) is 5.75 Å². The summed E-state index contributed by atoms with van der Waals surface area (Å²) in [6.07, 6.45) is -1.30. The van der Waals surface area contributed by atoms with Crippen LogP contribution in [0.4, 0.5) is 24.5 Å². The van der Waals surface area contributed by atoms with E-state index in [1.807, 2.05) is 30.3 Å². The Kier molecular flexibility index (Phi) is 4.99. The Morgan fingerprint density at radius 2 is 1.80 bits per heavy atom. The van der Waals surface area contributed by atoms with Gasteiger partial charge >= 0.3 is 6.18 Å². The molecule has 0 fully saturated rings. The highest BCUT2D eigenvalue weighted by atomic mass is 19.4. The highest BCUT2D eigenvalue weighted by Gasteiger charge is 2.36. The summed E-state index contributed by atoms with van der Waals surface area (Å²) in [4.78, 5) is 21.0. The number of carbonyl (C=O) groups is 1. The van der Waals surface area contributed by atoms with Crippen LogP contribution in [0.15, 0.2) is 65.9 Å². The Balaban J connectivity index is 1.81. The number of nitrogens with zero attached hydrogens (tertiary/aromatic N) is 2. The lowest BCUT2D eigenvalue weighted by atomic mass is 10.0. The number of halogens is 3. The van der Waals surface area contributed by atoms with E-state index >= 15 is 0 Å². The molecule has 0 spiro atoms. The van der Waals surface area contributed by atoms with E-state index in [1.54, 1.807) is 18.5 Å². The normalized spacial score (nSPS) is 13.7. The first-order chi connectivity index (χ1) is 14.3. The molecular weight excluding hydrogens is 395 g/mol. The molecule has 2 heterocycles. The van der Waals surface area contributed by atoms with Crippen LogP contribution in [-0.2, 0) is 11.0 Å². The van der Waals surface area contributed by atoms with Crippen molar-refractivity contribution >= 4 is 23.0 Å². The predicted octanol–water partition coefficient (Wildman–Crippen LogP) is 5.24. The zero-order valence-electron chi connectivity index (χ0n) is 15.8. The van der Waals surface area contributed by atoms with Gasteiger partial charge in [0.05, 0.1) is 36.2 Å². The smallest absolute Gasteiger partial charge is 0.420 e. The summed E-state index contributed by atoms with van der Waals surface area (Å²) in [7, 11) is 1.16. The Morgan fingerprint density at radius 3 is 2.50 bits per heavy atom. The largest absolute Gasteiger partial charge is 0.496 e. The number of carbonyl (C=O) groups excluding carboxylic acids is 1. The summed E-state index contributed by atoms with van der Waals surface area (Å²) in [5, 5.41) is 2.51. The molecule has 8 heteroatoms. The second-order valence-corrected chi connectivity index (χ2v) is 6.67. The van der Waals surface area contributed by atoms with Crippen LogP contribution in [0, 0.1) is 0 Å². The van der Waals surface area contributed by atoms with E-state index in [4.69, 9.17) is 4.74 Å². The summed E-state index contributed by atoms with van der Waals surface area (Å²) in [5.74, 6) is -0.804. The summed E-state index contributed by atoms with van der Waals surface area (Å²) in [5.41, 5.74) is 2.14. The molecule has 2 aromatic carbocycles. The molecule has 1 aliphatic heterocycles. The van der Waals surface area contributed by atoms with Gasteiger partial charge in [0.25, 0.3) is 0 Å². The minimum atomic E-state index is -4.62. The lowest BCUT2D eigenvalue weighted by molar-refractivity contribution is -0.138. The van der Waals surface area contributed by atoms with Crippen LogP contribution in [-0.4, -0.2) is 23.7 Å². The summed E-state index contributed by atoms with van der Waals surface area (Å²) in [6, 6.07) is 13.2. The van der Waals surface area contributed by atoms with Gasteiger partial charge < -0.3 is 10.1 Å². The van der Waals surface area contributed by atoms with Gasteiger partial charge in [-0.2, -0.15) is 13.2 Å². The van der Waals surface area contributed by atoms with Crippen molar-refractivity contribution in [3.05, 3.63) is 72.1 Å². The Hall–Kier alpha value is -3.68. The maximum atomic E-state index is 13.3. The molecule has 1 aromatic heterocycles. The third-order valence-electron chi connectivity index (χ3n) is 4.67. The van der Waals surface area contributed by atoms with Crippen molar-refractivity contribution in [1.29, 1.82) is 0 Å². The standard InChI is InChI=1S/C22H16F3N3O2/c1-30-20-10-19-18(9-16(20)22(23,24)25)28-21(29)11-17(27-19)14-5-2-4-13(8-14)15-6-3-7-26-12-15/h2-10,12H,11H2,1H3,(H,28,29). The van der Waals surface area contributed by atoms with Gasteiger partial charge in [-0.25, -0.2) is 4.99 Å². The van der Waals surface area contributed by atoms with Crippen LogP contribution in [0.1, 0.15) is 17.5 Å². The predicted molar refractivity (Wildman–Crippen MR) is 107 cm³/mol. The number of hydrogen-bond acceptors (Lipinski definition) is 4. The van der Waals surface area contributed by atoms with Crippen LogP contribution >= 0.6 is 0 Å². The fourth-order valence-corrected chi connectivity index (χ4v) is 3.26. The number of nitrogens with one attached hydrogen (secondary N) is 1. The van der Waals surface area contributed by atoms with E-state index in [1.165, 1.54) is 6.07 Å². The maximum absolute atomic E-state index is 13.3. The molecular formula is C22H16F3N3O2. The van der Waals surface area contributed by atoms with E-state index in [0.717, 1.165) is 24.3 Å². The van der Waals surface area contributed by atoms with Crippen molar-refractivity contribution in [2.24, 2.45) is 4.99 Å². The molecule has 3 aromatic rings. The average molecular weight is 411 g/mol. The van der Waals surface area contributed by atoms with Gasteiger partial charge in [0.2, 0.25) is 5.91 Å². The van der Waals surface area contributed by atoms with Crippen LogP contribution in [0.3, 0.4) is 0 Å². The van der Waals surface area contributed by atoms with Crippen LogP contribution in [0.5, 0.6) is 5.75 Å². The molecule has 1 amide bonds. The van der Waals surface area contributed by atoms with E-state index in [0.29, 0.717) is 11.3 Å². The van der Waals surface area contributed by atoms with Gasteiger partial charge in [-0.1, -0.05) is 24.3 Å². The number of rotatable bonds is 3. The minimum Gasteiger partial charge on any atom is -0.496 e. The molecule has 0 atom stereocenters. The molecule has 5 nitrogen and oxygen atoms in total. The van der Waals surface area contributed by atoms with Crippen LogP contribution < -0.4 is 10.1 Å². The zero-order valence-corrected chi connectivity index (χ0v) is 15.8. The van der Waals surface area contributed by atoms with Crippen molar-refractivity contribution in [1.82, 2.24) is 4.98 Å². The van der Waals surface area contributed by atoms with Crippen molar-refractivity contribution in [3.8, 4) is 16.9 Å². The number of amides is 1. The summed E-state index contributed by atoms with van der Waals surface area (Å²) < 4.78 is 44.9. The minimum absolute atomic E-state index is 0.00783. The molecule has 4 rings (SSSR count). The fourth-order valence-electron chi connectivity index (χ4n) is 3.26. The molecule has 0 saturated heterocycles. The van der Waals surface area contributed by atoms with Crippen LogP contribution in [0.2, 0.25) is 0 Å². The molecule has 0 unspecified atom stereocenters. The number of anilines is 1. The van der Waals surface area contributed by atoms with E-state index in [2.05, 4.69) is 15.3 Å². The SMILES string of the molecule is COc1cc2c(cc1C(F)(F)F)NC(=O)CC(c1cccc(-c3cccnc3)c1)=N2. The first kappa shape index (κ1) is 19.6. The number of hydrogen-bond donors (Lipinski definition) is 1. The lowest BCUT2D eigenvalue weighted by Gasteiger charge is -2.15. The molecule has 0 saturated carbocycles. The fraction of sp³-hybridized carbons (Fsp3) is 0.136. The number of methoxy groups -OCH3 is 1. The third kappa shape index (κ3) is 3.89. The number of pyridine rings is 1. The molecule has 0 radical (unpaired) electrons. The quantitative estimate of drug-likeness (QED) is 0.641. The highest BCUT2D eigenvalue weighted by Crippen LogP contribution is 2.43. The molecule has 0 bridgehead atoms. The number of fused-ring (bicyclic) bond motifs is 1. The van der Waals surface area contributed by atoms with Gasteiger partial charge in [0, 0.05) is 24.0 Å². The molecule has 30 heavy (non-hydrogen) atoms. The summed E-state index contributed by atoms with van der Waals surface area (Å²) in [6.45, 7) is 0. The Bertz CT molecular complexity index is 1140. The number of aromatic nitrogens is 1. The lowest BCUT2D eigenvalue weighted by Crippen LogP contribution is -2.15. The second kappa shape index (κ2) is 7.62. The average Bonchev–Trinajstić information content (AvgIpc) is 2.90. The number of benzene rings is 2. The molecule has 1 N–H and O–H groups in total. The highest BCUT2D eigenvalue weighted by molar-refractivity contribution is 6.17. The van der Waals surface area contributed by atoms with Crippen molar-refractivity contribution in [3.63, 3.8) is 0 Å². The van der Waals surface area contributed by atoms with E-state index in [9.17, 15) is 18.0 Å². The van der Waals surface area contributed by atoms with Gasteiger partial charge in [-0.3, -0.25) is 9.78 Å².